The summed E-state index contributed by atoms with van der Waals surface area (Å²) in [6.45, 7) is 0.0130. The van der Waals surface area contributed by atoms with Gasteiger partial charge in [-0.15, -0.1) is 0 Å². The summed E-state index contributed by atoms with van der Waals surface area (Å²) in [6, 6.07) is 17.6. The fourth-order valence-corrected chi connectivity index (χ4v) is 3.18. The minimum atomic E-state index is -0.887. The van der Waals surface area contributed by atoms with Crippen LogP contribution in [0.5, 0.6) is 0 Å². The highest BCUT2D eigenvalue weighted by atomic mass is 16.6. The summed E-state index contributed by atoms with van der Waals surface area (Å²) in [5.41, 5.74) is 2.13. The molecule has 9 nitrogen and oxygen atoms in total. The maximum atomic E-state index is 12.5. The summed E-state index contributed by atoms with van der Waals surface area (Å²) in [5, 5.41) is 0. The molecule has 1 fully saturated rings. The van der Waals surface area contributed by atoms with Crippen LogP contribution >= 0.6 is 0 Å². The van der Waals surface area contributed by atoms with Crippen LogP contribution in [0.4, 0.5) is 9.59 Å². The zero-order chi connectivity index (χ0) is 22.3. The number of hydrogen-bond donors (Lipinski definition) is 0. The number of benzene rings is 2. The van der Waals surface area contributed by atoms with Crippen molar-refractivity contribution < 1.29 is 28.6 Å². The number of imidazole rings is 1. The van der Waals surface area contributed by atoms with E-state index in [-0.39, 0.29) is 26.4 Å². The molecule has 164 valence electrons. The Labute approximate surface area is 184 Å². The van der Waals surface area contributed by atoms with E-state index in [1.807, 2.05) is 60.7 Å². The second-order valence-electron chi connectivity index (χ2n) is 7.13. The molecule has 1 atom stereocenters. The average Bonchev–Trinajstić information content (AvgIpc) is 3.45. The molecule has 1 aromatic heterocycles. The van der Waals surface area contributed by atoms with E-state index in [0.29, 0.717) is 5.69 Å². The number of ether oxygens (including phenoxy) is 3. The molecule has 0 spiro atoms. The second-order valence-corrected chi connectivity index (χ2v) is 7.13. The first kappa shape index (κ1) is 21.1. The molecule has 1 saturated heterocycles. The lowest BCUT2D eigenvalue weighted by Gasteiger charge is -2.19. The van der Waals surface area contributed by atoms with Gasteiger partial charge in [-0.1, -0.05) is 60.7 Å². The molecule has 9 heteroatoms. The Morgan fingerprint density at radius 3 is 2.16 bits per heavy atom. The normalized spacial score (nSPS) is 15.3. The van der Waals surface area contributed by atoms with E-state index in [9.17, 15) is 14.4 Å². The molecule has 1 aliphatic rings. The monoisotopic (exact) mass is 435 g/mol. The summed E-state index contributed by atoms with van der Waals surface area (Å²) < 4.78 is 16.8. The van der Waals surface area contributed by atoms with Crippen molar-refractivity contribution in [1.82, 2.24) is 14.5 Å². The van der Waals surface area contributed by atoms with Gasteiger partial charge in [0.05, 0.1) is 5.69 Å². The van der Waals surface area contributed by atoms with Gasteiger partial charge in [-0.25, -0.2) is 23.9 Å². The first-order valence-electron chi connectivity index (χ1n) is 9.98. The molecule has 0 aliphatic carbocycles. The van der Waals surface area contributed by atoms with E-state index in [0.717, 1.165) is 11.1 Å². The third-order valence-electron chi connectivity index (χ3n) is 4.89. The van der Waals surface area contributed by atoms with Crippen LogP contribution < -0.4 is 0 Å². The van der Waals surface area contributed by atoms with Gasteiger partial charge >= 0.3 is 18.2 Å². The number of carbonyl (C=O) groups excluding carboxylic acids is 3. The number of hydrogen-bond acceptors (Lipinski definition) is 7. The molecule has 4 rings (SSSR count). The van der Waals surface area contributed by atoms with Crippen molar-refractivity contribution in [3.63, 3.8) is 0 Å². The van der Waals surface area contributed by atoms with Crippen LogP contribution in [0, 0.1) is 0 Å². The Bertz CT molecular complexity index is 1080. The minimum Gasteiger partial charge on any atom is -0.444 e. The first-order chi connectivity index (χ1) is 15.6. The van der Waals surface area contributed by atoms with Crippen LogP contribution in [-0.2, 0) is 38.6 Å². The zero-order valence-electron chi connectivity index (χ0n) is 17.1. The smallest absolute Gasteiger partial charge is 0.419 e. The predicted molar refractivity (Wildman–Crippen MR) is 111 cm³/mol. The fourth-order valence-electron chi connectivity index (χ4n) is 3.18. The van der Waals surface area contributed by atoms with E-state index in [4.69, 9.17) is 14.2 Å². The van der Waals surface area contributed by atoms with Crippen molar-refractivity contribution >= 4 is 18.2 Å². The summed E-state index contributed by atoms with van der Waals surface area (Å²) in [6.07, 6.45) is 1.60. The molecule has 32 heavy (non-hydrogen) atoms. The number of carbonyl (C=O) groups is 3. The van der Waals surface area contributed by atoms with Crippen molar-refractivity contribution in [2.24, 2.45) is 0 Å². The molecule has 0 unspecified atom stereocenters. The Hall–Kier alpha value is -4.14. The molecular weight excluding hydrogens is 414 g/mol. The number of esters is 1. The van der Waals surface area contributed by atoms with Crippen LogP contribution in [0.2, 0.25) is 0 Å². The molecule has 1 amide bonds. The number of nitrogens with zero attached hydrogens (tertiary/aromatic N) is 3. The van der Waals surface area contributed by atoms with E-state index in [1.165, 1.54) is 22.0 Å². The fraction of sp³-hybridized carbons (Fsp3) is 0.217. The zero-order valence-corrected chi connectivity index (χ0v) is 17.1. The number of cyclic esters (lactones) is 1. The third kappa shape index (κ3) is 5.12. The van der Waals surface area contributed by atoms with Gasteiger partial charge < -0.3 is 14.2 Å². The van der Waals surface area contributed by atoms with Crippen molar-refractivity contribution in [2.45, 2.75) is 25.7 Å². The minimum absolute atomic E-state index is 0.0816. The maximum absolute atomic E-state index is 12.5. The van der Waals surface area contributed by atoms with Gasteiger partial charge in [0.25, 0.3) is 0 Å². The molecule has 2 aromatic carbocycles. The maximum Gasteiger partial charge on any atom is 0.419 e. The lowest BCUT2D eigenvalue weighted by molar-refractivity contribution is -0.139. The number of amides is 1. The van der Waals surface area contributed by atoms with Gasteiger partial charge in [0, 0.05) is 12.6 Å². The van der Waals surface area contributed by atoms with Crippen LogP contribution in [0.3, 0.4) is 0 Å². The van der Waals surface area contributed by atoms with Crippen molar-refractivity contribution in [1.29, 1.82) is 0 Å². The van der Waals surface area contributed by atoms with E-state index in [1.54, 1.807) is 0 Å². The Balaban J connectivity index is 1.34. The summed E-state index contributed by atoms with van der Waals surface area (Å²) in [5.74, 6) is -0.553. The molecule has 3 aromatic rings. The van der Waals surface area contributed by atoms with Crippen LogP contribution in [-0.4, -0.2) is 45.4 Å². The average molecular weight is 435 g/mol. The Kier molecular flexibility index (Phi) is 6.45. The largest absolute Gasteiger partial charge is 0.444 e. The lowest BCUT2D eigenvalue weighted by Crippen LogP contribution is -2.40. The molecule has 0 radical (unpaired) electrons. The van der Waals surface area contributed by atoms with Crippen molar-refractivity contribution in [3.05, 3.63) is 90.0 Å². The van der Waals surface area contributed by atoms with Crippen molar-refractivity contribution in [2.75, 3.05) is 6.73 Å². The summed E-state index contributed by atoms with van der Waals surface area (Å²) in [7, 11) is 0. The van der Waals surface area contributed by atoms with Gasteiger partial charge in [0.2, 0.25) is 0 Å². The van der Waals surface area contributed by atoms with Crippen LogP contribution in [0.1, 0.15) is 16.8 Å². The highest BCUT2D eigenvalue weighted by Gasteiger charge is 2.39. The standard InChI is InChI=1S/C23H21N3O6/c27-21-20(26(16-32-21)23(29)31-14-18-9-5-2-6-10-18)11-19-12-25(15-24-19)22(28)30-13-17-7-3-1-4-8-17/h1-10,12,15,20H,11,13-14,16H2/t20-/m0/s1. The number of rotatable bonds is 6. The van der Waals surface area contributed by atoms with Crippen LogP contribution in [0.15, 0.2) is 73.2 Å². The second kappa shape index (κ2) is 9.78. The third-order valence-corrected chi connectivity index (χ3v) is 4.89. The van der Waals surface area contributed by atoms with Gasteiger partial charge in [0.1, 0.15) is 25.6 Å². The Morgan fingerprint density at radius 2 is 1.53 bits per heavy atom. The molecule has 0 N–H and O–H groups in total. The van der Waals surface area contributed by atoms with Crippen LogP contribution in [0.25, 0.3) is 0 Å². The van der Waals surface area contributed by atoms with Gasteiger partial charge in [-0.05, 0) is 11.1 Å². The summed E-state index contributed by atoms with van der Waals surface area (Å²) in [4.78, 5) is 42.2. The highest BCUT2D eigenvalue weighted by molar-refractivity contribution is 5.84. The molecule has 0 bridgehead atoms. The predicted octanol–water partition coefficient (Wildman–Crippen LogP) is 3.13. The molecular formula is C23H21N3O6. The first-order valence-corrected chi connectivity index (χ1v) is 9.98. The van der Waals surface area contributed by atoms with Gasteiger partial charge in [-0.3, -0.25) is 4.90 Å². The topological polar surface area (TPSA) is 100.0 Å². The van der Waals surface area contributed by atoms with Crippen molar-refractivity contribution in [3.8, 4) is 0 Å². The van der Waals surface area contributed by atoms with Gasteiger partial charge in [0.15, 0.2) is 6.73 Å². The lowest BCUT2D eigenvalue weighted by atomic mass is 10.1. The Morgan fingerprint density at radius 1 is 0.938 bits per heavy atom. The molecule has 2 heterocycles. The van der Waals surface area contributed by atoms with E-state index in [2.05, 4.69) is 4.98 Å². The SMILES string of the molecule is O=C1OCN(C(=O)OCc2ccccc2)[C@H]1Cc1cn(C(=O)OCc2ccccc2)cn1. The van der Waals surface area contributed by atoms with E-state index >= 15 is 0 Å². The highest BCUT2D eigenvalue weighted by Crippen LogP contribution is 2.18. The van der Waals surface area contributed by atoms with Gasteiger partial charge in [-0.2, -0.15) is 0 Å². The number of aromatic nitrogens is 2. The molecule has 1 aliphatic heterocycles. The molecule has 0 saturated carbocycles. The van der Waals surface area contributed by atoms with E-state index < -0.39 is 24.2 Å². The quantitative estimate of drug-likeness (QED) is 0.433. The summed E-state index contributed by atoms with van der Waals surface area (Å²) >= 11 is 0.